The molecule has 4 aliphatic heterocycles. The number of hydrogen-bond acceptors (Lipinski definition) is 8. The van der Waals surface area contributed by atoms with Crippen LogP contribution in [0.5, 0.6) is 0 Å². The van der Waals surface area contributed by atoms with Gasteiger partial charge in [-0.1, -0.05) is 258 Å². The van der Waals surface area contributed by atoms with Gasteiger partial charge in [0.15, 0.2) is 23.3 Å². The van der Waals surface area contributed by atoms with Crippen LogP contribution in [0.1, 0.15) is 328 Å². The van der Waals surface area contributed by atoms with Crippen LogP contribution in [0.2, 0.25) is 0 Å². The Kier molecular flexibility index (Phi) is 25.1. The number of benzene rings is 4. The number of aryl methyl sites for hydroxylation is 8. The first-order valence-corrected chi connectivity index (χ1v) is 39.4. The number of fused-ring (bicyclic) bond motifs is 14. The first kappa shape index (κ1) is 68.2. The fraction of sp³-hybridized carbons (Fsp3) is 0.600. The molecule has 0 radical (unpaired) electrons. The highest BCUT2D eigenvalue weighted by atomic mass is 28.4. The minimum absolute atomic E-state index is 0.534. The van der Waals surface area contributed by atoms with Crippen molar-refractivity contribution >= 4 is 65.4 Å². The summed E-state index contributed by atoms with van der Waals surface area (Å²) in [6.45, 7) is 18.3. The van der Waals surface area contributed by atoms with E-state index in [-0.39, 0.29) is 0 Å². The quantitative estimate of drug-likeness (QED) is 0.0294. The summed E-state index contributed by atoms with van der Waals surface area (Å²) in [5, 5.41) is 3.87. The molecular weight excluding hydrogens is 1130 g/mol. The molecule has 4 aliphatic rings. The molecular formula is C80H114N8O2Si. The summed E-state index contributed by atoms with van der Waals surface area (Å²) in [6, 6.07) is 19.0. The van der Waals surface area contributed by atoms with Gasteiger partial charge in [0.05, 0.1) is 0 Å². The molecule has 11 heteroatoms. The Morgan fingerprint density at radius 1 is 0.253 bits per heavy atom. The van der Waals surface area contributed by atoms with Crippen molar-refractivity contribution in [1.29, 1.82) is 0 Å². The number of rotatable bonds is 40. The van der Waals surface area contributed by atoms with Gasteiger partial charge in [0.2, 0.25) is 0 Å². The van der Waals surface area contributed by atoms with Gasteiger partial charge in [-0.25, -0.2) is 30.0 Å². The van der Waals surface area contributed by atoms with Crippen LogP contribution in [0.15, 0.2) is 78.5 Å². The predicted molar refractivity (Wildman–Crippen MR) is 388 cm³/mol. The molecule has 2 N–H and O–H groups in total. The van der Waals surface area contributed by atoms with E-state index < -0.39 is 8.88 Å². The van der Waals surface area contributed by atoms with Crippen LogP contribution in [0.3, 0.4) is 0 Å². The summed E-state index contributed by atoms with van der Waals surface area (Å²) < 4.78 is 3.73. The highest BCUT2D eigenvalue weighted by Crippen LogP contribution is 2.47. The number of unbranched alkanes of at least 4 members (excludes halogenated alkanes) is 24. The van der Waals surface area contributed by atoms with Crippen LogP contribution in [0.25, 0.3) is 21.5 Å². The minimum atomic E-state index is -5.24. The lowest BCUT2D eigenvalue weighted by Crippen LogP contribution is -2.60. The summed E-state index contributed by atoms with van der Waals surface area (Å²) >= 11 is 0. The second kappa shape index (κ2) is 33.5. The fourth-order valence-electron chi connectivity index (χ4n) is 15.3. The molecule has 0 spiro atoms. The average molecular weight is 1250 g/mol. The normalized spacial score (nSPS) is 14.4. The highest BCUT2D eigenvalue weighted by Gasteiger charge is 2.48. The molecule has 6 bridgehead atoms. The molecule has 0 saturated carbocycles. The van der Waals surface area contributed by atoms with Crippen molar-refractivity contribution < 1.29 is 9.59 Å². The van der Waals surface area contributed by atoms with Gasteiger partial charge in [-0.05, 0) is 147 Å². The van der Waals surface area contributed by atoms with Gasteiger partial charge in [0.25, 0.3) is 0 Å². The lowest BCUT2D eigenvalue weighted by molar-refractivity contribution is 0.324. The first-order chi connectivity index (χ1) is 44.7. The Morgan fingerprint density at radius 3 is 0.725 bits per heavy atom. The van der Waals surface area contributed by atoms with Crippen molar-refractivity contribution in [3.05, 3.63) is 126 Å². The van der Waals surface area contributed by atoms with Crippen LogP contribution >= 0.6 is 0 Å². The zero-order valence-electron chi connectivity index (χ0n) is 57.9. The van der Waals surface area contributed by atoms with Gasteiger partial charge in [-0.2, -0.15) is 0 Å². The van der Waals surface area contributed by atoms with E-state index in [0.717, 1.165) is 249 Å². The number of nitrogens with zero attached hydrogens (tertiary/aromatic N) is 8. The maximum atomic E-state index is 14.9. The molecule has 0 atom stereocenters. The fourth-order valence-corrected chi connectivity index (χ4v) is 17.3. The standard InChI is InChI=1S/C80H114N8O2Si/c1-9-17-25-33-41-57-49-50-58(42-34-26-18-10-2)66-65(57)73-81-74(66)84-78-71-63(47-39-31-23-15-7)55-56-64(48-40-32-24-16-8)72(71)80-86-76-68-60(44-36-28-20-12-4)52-51-59(43-35-27-19-11-3)67(68)75(82-76)85-79-70-62(46-38-30-22-14-6)54-53-61(45-37-29-21-13-5)69(70)77(83-73)87(79)91(89,90)88(78)80/h49-56,89-90H,9-48H2,1-8H3. The molecule has 6 heterocycles. The van der Waals surface area contributed by atoms with Crippen LogP contribution in [-0.4, -0.2) is 50.3 Å². The Morgan fingerprint density at radius 2 is 0.473 bits per heavy atom. The zero-order valence-corrected chi connectivity index (χ0v) is 58.9. The van der Waals surface area contributed by atoms with E-state index in [2.05, 4.69) is 104 Å². The monoisotopic (exact) mass is 1250 g/mol. The molecule has 0 amide bonds. The third-order valence-corrected chi connectivity index (χ3v) is 22.5. The van der Waals surface area contributed by atoms with Gasteiger partial charge in [0.1, 0.15) is 22.6 Å². The van der Waals surface area contributed by atoms with Crippen molar-refractivity contribution in [1.82, 2.24) is 8.47 Å². The SMILES string of the molecule is CCCCCCc1ccc(CCCCCC)c2c1C1=NC2=Nc2c3c(CCCCCC)ccc(CCCCCC)c3c3n2[Si](O)(O)n2c(c4c(CCCCCC)ccc(CCCCCC)c4c2=NC2=NC(=N3)c3c(CCCCCC)ccc(CCCCCC)c32)=N1. The maximum Gasteiger partial charge on any atom is 0.597 e. The minimum Gasteiger partial charge on any atom is -0.377 e. The predicted octanol–water partition coefficient (Wildman–Crippen LogP) is 20.3. The second-order valence-electron chi connectivity index (χ2n) is 27.6. The van der Waals surface area contributed by atoms with E-state index in [1.54, 1.807) is 0 Å². The largest absolute Gasteiger partial charge is 0.597 e. The van der Waals surface area contributed by atoms with Crippen molar-refractivity contribution in [3.8, 4) is 0 Å². The van der Waals surface area contributed by atoms with Crippen LogP contribution in [0, 0.1) is 0 Å². The highest BCUT2D eigenvalue weighted by molar-refractivity contribution is 6.63. The molecule has 2 aromatic heterocycles. The molecule has 10 rings (SSSR count). The van der Waals surface area contributed by atoms with Gasteiger partial charge in [-0.15, -0.1) is 0 Å². The summed E-state index contributed by atoms with van der Waals surface area (Å²) in [5.74, 6) is 3.55. The summed E-state index contributed by atoms with van der Waals surface area (Å²) in [4.78, 5) is 65.5. The van der Waals surface area contributed by atoms with Gasteiger partial charge < -0.3 is 9.59 Å². The molecule has 6 aromatic rings. The third-order valence-electron chi connectivity index (χ3n) is 20.4. The molecule has 4 aromatic carbocycles. The first-order valence-electron chi connectivity index (χ1n) is 37.6. The lowest BCUT2D eigenvalue weighted by Gasteiger charge is -2.24. The van der Waals surface area contributed by atoms with Gasteiger partial charge in [0, 0.05) is 43.8 Å². The summed E-state index contributed by atoms with van der Waals surface area (Å²) in [7, 11) is -5.24. The number of amidine groups is 4. The Hall–Kier alpha value is -5.62. The van der Waals surface area contributed by atoms with E-state index >= 15 is 0 Å². The smallest absolute Gasteiger partial charge is 0.377 e. The maximum absolute atomic E-state index is 14.9. The van der Waals surface area contributed by atoms with E-state index in [4.69, 9.17) is 30.0 Å². The number of aromatic nitrogens is 2. The van der Waals surface area contributed by atoms with Crippen molar-refractivity contribution in [3.63, 3.8) is 0 Å². The van der Waals surface area contributed by atoms with Crippen LogP contribution in [0.4, 0.5) is 11.6 Å². The summed E-state index contributed by atoms with van der Waals surface area (Å²) in [5.41, 5.74) is 15.0. The number of hydrogen-bond donors (Lipinski definition) is 2. The lowest BCUT2D eigenvalue weighted by atomic mass is 9.90. The Bertz CT molecular complexity index is 3490. The van der Waals surface area contributed by atoms with Crippen LogP contribution < -0.4 is 11.0 Å². The van der Waals surface area contributed by atoms with Crippen molar-refractivity contribution in [2.75, 3.05) is 0 Å². The molecule has 91 heavy (non-hydrogen) atoms. The van der Waals surface area contributed by atoms with E-state index in [9.17, 15) is 9.59 Å². The van der Waals surface area contributed by atoms with Gasteiger partial charge >= 0.3 is 8.88 Å². The van der Waals surface area contributed by atoms with E-state index in [1.165, 1.54) is 95.9 Å². The third kappa shape index (κ3) is 15.2. The summed E-state index contributed by atoms with van der Waals surface area (Å²) in [6.07, 6.45) is 43.0. The number of aliphatic imine (C=N–C) groups is 4. The van der Waals surface area contributed by atoms with E-state index in [0.29, 0.717) is 46.0 Å². The van der Waals surface area contributed by atoms with Crippen molar-refractivity contribution in [2.24, 2.45) is 30.0 Å². The topological polar surface area (TPSA) is 124 Å². The van der Waals surface area contributed by atoms with Crippen LogP contribution in [-0.2, 0) is 51.4 Å². The zero-order chi connectivity index (χ0) is 63.7. The Balaban J connectivity index is 1.44. The Labute approximate surface area is 549 Å². The average Bonchev–Trinajstić information content (AvgIpc) is 1.54. The molecule has 0 aliphatic carbocycles. The molecule has 0 fully saturated rings. The molecule has 490 valence electrons. The molecule has 0 unspecified atom stereocenters. The second-order valence-corrected chi connectivity index (χ2v) is 29.6. The van der Waals surface area contributed by atoms with Crippen molar-refractivity contribution in [2.45, 2.75) is 312 Å². The van der Waals surface area contributed by atoms with E-state index in [1.807, 2.05) is 8.47 Å². The molecule has 0 saturated heterocycles. The molecule has 10 nitrogen and oxygen atoms in total. The van der Waals surface area contributed by atoms with Gasteiger partial charge in [-0.3, -0.25) is 8.47 Å².